The molecule has 0 saturated carbocycles. The highest BCUT2D eigenvalue weighted by Crippen LogP contribution is 2.21. The minimum Gasteiger partial charge on any atom is -0.346 e. The van der Waals surface area contributed by atoms with E-state index in [1.165, 1.54) is 23.4 Å². The first-order chi connectivity index (χ1) is 6.11. The van der Waals surface area contributed by atoms with Crippen molar-refractivity contribution in [3.05, 3.63) is 23.0 Å². The Hall–Kier alpha value is -0.760. The summed E-state index contributed by atoms with van der Waals surface area (Å²) >= 11 is 0. The van der Waals surface area contributed by atoms with Crippen LogP contribution in [0.2, 0.25) is 0 Å². The first-order valence-corrected chi connectivity index (χ1v) is 4.99. The van der Waals surface area contributed by atoms with Crippen LogP contribution in [-0.2, 0) is 6.54 Å². The lowest BCUT2D eigenvalue weighted by atomic mass is 10.2. The van der Waals surface area contributed by atoms with Gasteiger partial charge in [-0.25, -0.2) is 0 Å². The van der Waals surface area contributed by atoms with Crippen LogP contribution in [0.15, 0.2) is 6.07 Å². The van der Waals surface area contributed by atoms with Gasteiger partial charge in [0.1, 0.15) is 0 Å². The minimum atomic E-state index is 0.584. The van der Waals surface area contributed by atoms with Crippen LogP contribution in [0.3, 0.4) is 0 Å². The zero-order valence-electron chi connectivity index (χ0n) is 9.09. The van der Waals surface area contributed by atoms with Crippen LogP contribution in [-0.4, -0.2) is 4.57 Å². The van der Waals surface area contributed by atoms with Crippen molar-refractivity contribution >= 4 is 0 Å². The van der Waals surface area contributed by atoms with Gasteiger partial charge in [0.05, 0.1) is 0 Å². The van der Waals surface area contributed by atoms with Crippen LogP contribution in [0.25, 0.3) is 0 Å². The third-order valence-electron chi connectivity index (χ3n) is 2.84. The van der Waals surface area contributed by atoms with Gasteiger partial charge in [0.15, 0.2) is 0 Å². The molecule has 0 saturated heterocycles. The number of nitrogens with zero attached hydrogens (tertiary/aromatic N) is 1. The second-order valence-corrected chi connectivity index (χ2v) is 3.73. The molecule has 0 aliphatic rings. The molecule has 1 aromatic heterocycles. The number of nitrogens with two attached hydrogens (primary N) is 1. The largest absolute Gasteiger partial charge is 0.346 e. The second-order valence-electron chi connectivity index (χ2n) is 3.73. The zero-order chi connectivity index (χ0) is 10.0. The molecule has 13 heavy (non-hydrogen) atoms. The summed E-state index contributed by atoms with van der Waals surface area (Å²) in [6, 6.07) is 2.78. The second kappa shape index (κ2) is 3.97. The Morgan fingerprint density at radius 1 is 1.46 bits per heavy atom. The third-order valence-corrected chi connectivity index (χ3v) is 2.84. The number of aryl methyl sites for hydroxylation is 1. The van der Waals surface area contributed by atoms with Gasteiger partial charge < -0.3 is 10.3 Å². The molecule has 0 radical (unpaired) electrons. The fourth-order valence-electron chi connectivity index (χ4n) is 1.91. The molecular formula is C11H20N2. The predicted molar refractivity (Wildman–Crippen MR) is 56.8 cm³/mol. The van der Waals surface area contributed by atoms with Crippen molar-refractivity contribution in [1.29, 1.82) is 0 Å². The first kappa shape index (κ1) is 10.3. The molecule has 1 rings (SSSR count). The highest BCUT2D eigenvalue weighted by molar-refractivity contribution is 5.27. The average Bonchev–Trinajstić information content (AvgIpc) is 2.40. The predicted octanol–water partition coefficient (Wildman–Crippen LogP) is 2.53. The molecule has 74 valence electrons. The summed E-state index contributed by atoms with van der Waals surface area (Å²) in [5, 5.41) is 0. The van der Waals surface area contributed by atoms with Crippen LogP contribution in [0.5, 0.6) is 0 Å². The summed E-state index contributed by atoms with van der Waals surface area (Å²) in [7, 11) is 0. The minimum absolute atomic E-state index is 0.584. The molecule has 1 aromatic rings. The summed E-state index contributed by atoms with van der Waals surface area (Å²) < 4.78 is 2.38. The number of aromatic nitrogens is 1. The number of hydrogen-bond donors (Lipinski definition) is 1. The van der Waals surface area contributed by atoms with Crippen LogP contribution < -0.4 is 5.73 Å². The van der Waals surface area contributed by atoms with E-state index in [0.717, 1.165) is 0 Å². The van der Waals surface area contributed by atoms with Gasteiger partial charge in [0.2, 0.25) is 0 Å². The summed E-state index contributed by atoms with van der Waals surface area (Å²) in [5.41, 5.74) is 9.59. The maximum Gasteiger partial charge on any atom is 0.0305 e. The van der Waals surface area contributed by atoms with Gasteiger partial charge in [-0.05, 0) is 38.8 Å². The number of rotatable bonds is 3. The van der Waals surface area contributed by atoms with Crippen LogP contribution in [0.1, 0.15) is 43.3 Å². The van der Waals surface area contributed by atoms with Crippen molar-refractivity contribution in [3.8, 4) is 0 Å². The Balaban J connectivity index is 3.12. The van der Waals surface area contributed by atoms with Gasteiger partial charge >= 0.3 is 0 Å². The standard InChI is InChI=1S/C11H20N2/c1-5-8(2)13-9(3)6-11(7-12)10(13)4/h6,8H,5,7,12H2,1-4H3/t8-/m0/s1. The normalized spacial score (nSPS) is 13.3. The fourth-order valence-corrected chi connectivity index (χ4v) is 1.91. The molecule has 0 unspecified atom stereocenters. The highest BCUT2D eigenvalue weighted by atomic mass is 15.0. The molecule has 0 bridgehead atoms. The molecule has 2 N–H and O–H groups in total. The Morgan fingerprint density at radius 3 is 2.46 bits per heavy atom. The van der Waals surface area contributed by atoms with E-state index in [1.54, 1.807) is 0 Å². The van der Waals surface area contributed by atoms with Crippen molar-refractivity contribution in [2.45, 2.75) is 46.7 Å². The highest BCUT2D eigenvalue weighted by Gasteiger charge is 2.11. The summed E-state index contributed by atoms with van der Waals surface area (Å²) in [6.07, 6.45) is 1.17. The van der Waals surface area contributed by atoms with Crippen molar-refractivity contribution < 1.29 is 0 Å². The van der Waals surface area contributed by atoms with Crippen molar-refractivity contribution in [1.82, 2.24) is 4.57 Å². The molecular weight excluding hydrogens is 160 g/mol. The van der Waals surface area contributed by atoms with E-state index in [0.29, 0.717) is 12.6 Å². The van der Waals surface area contributed by atoms with E-state index >= 15 is 0 Å². The molecule has 0 aliphatic heterocycles. The van der Waals surface area contributed by atoms with E-state index in [9.17, 15) is 0 Å². The molecule has 0 aromatic carbocycles. The monoisotopic (exact) mass is 180 g/mol. The summed E-state index contributed by atoms with van der Waals surface area (Å²) in [6.45, 7) is 9.42. The van der Waals surface area contributed by atoms with E-state index < -0.39 is 0 Å². The van der Waals surface area contributed by atoms with Gasteiger partial charge in [-0.2, -0.15) is 0 Å². The fraction of sp³-hybridized carbons (Fsp3) is 0.636. The van der Waals surface area contributed by atoms with Gasteiger partial charge in [-0.15, -0.1) is 0 Å². The van der Waals surface area contributed by atoms with Gasteiger partial charge in [0.25, 0.3) is 0 Å². The van der Waals surface area contributed by atoms with Crippen molar-refractivity contribution in [2.75, 3.05) is 0 Å². The van der Waals surface area contributed by atoms with Gasteiger partial charge in [0, 0.05) is 24.0 Å². The van der Waals surface area contributed by atoms with Gasteiger partial charge in [-0.3, -0.25) is 0 Å². The Kier molecular flexibility index (Phi) is 3.15. The van der Waals surface area contributed by atoms with Gasteiger partial charge in [-0.1, -0.05) is 6.92 Å². The Bertz CT molecular complexity index is 287. The molecule has 0 aliphatic carbocycles. The van der Waals surface area contributed by atoms with E-state index in [4.69, 9.17) is 5.73 Å². The zero-order valence-corrected chi connectivity index (χ0v) is 9.09. The smallest absolute Gasteiger partial charge is 0.0305 e. The Labute approximate surface area is 80.7 Å². The first-order valence-electron chi connectivity index (χ1n) is 4.99. The maximum absolute atomic E-state index is 5.66. The lowest BCUT2D eigenvalue weighted by Gasteiger charge is -2.16. The van der Waals surface area contributed by atoms with Crippen LogP contribution in [0.4, 0.5) is 0 Å². The summed E-state index contributed by atoms with van der Waals surface area (Å²) in [5.74, 6) is 0. The lowest BCUT2D eigenvalue weighted by molar-refractivity contribution is 0.510. The SMILES string of the molecule is CC[C@H](C)n1c(C)cc(CN)c1C. The quantitative estimate of drug-likeness (QED) is 0.761. The molecule has 2 nitrogen and oxygen atoms in total. The van der Waals surface area contributed by atoms with E-state index in [1.807, 2.05) is 0 Å². The molecule has 2 heteroatoms. The topological polar surface area (TPSA) is 30.9 Å². The number of hydrogen-bond acceptors (Lipinski definition) is 1. The third kappa shape index (κ3) is 1.78. The molecule has 1 atom stereocenters. The molecule has 0 fully saturated rings. The average molecular weight is 180 g/mol. The molecule has 0 spiro atoms. The summed E-state index contributed by atoms with van der Waals surface area (Å²) in [4.78, 5) is 0. The maximum atomic E-state index is 5.66. The van der Waals surface area contributed by atoms with E-state index in [2.05, 4.69) is 38.3 Å². The Morgan fingerprint density at radius 2 is 2.08 bits per heavy atom. The van der Waals surface area contributed by atoms with Crippen molar-refractivity contribution in [3.63, 3.8) is 0 Å². The lowest BCUT2D eigenvalue weighted by Crippen LogP contribution is -2.08. The van der Waals surface area contributed by atoms with Crippen molar-refractivity contribution in [2.24, 2.45) is 5.73 Å². The van der Waals surface area contributed by atoms with E-state index in [-0.39, 0.29) is 0 Å². The molecule has 1 heterocycles. The molecule has 0 amide bonds. The van der Waals surface area contributed by atoms with Crippen LogP contribution in [0, 0.1) is 13.8 Å². The van der Waals surface area contributed by atoms with Crippen LogP contribution >= 0.6 is 0 Å².